The van der Waals surface area contributed by atoms with Gasteiger partial charge in [0.2, 0.25) is 0 Å². The first-order valence-corrected chi connectivity index (χ1v) is 6.60. The molecule has 88 valence electrons. The van der Waals surface area contributed by atoms with Gasteiger partial charge in [0.25, 0.3) is 0 Å². The topological polar surface area (TPSA) is 35.8 Å². The van der Waals surface area contributed by atoms with Crippen LogP contribution in [0.5, 0.6) is 0 Å². The predicted octanol–water partition coefficient (Wildman–Crippen LogP) is 3.70. The Bertz CT molecular complexity index is 362. The first-order chi connectivity index (χ1) is 7.52. The van der Waals surface area contributed by atoms with E-state index in [9.17, 15) is 0 Å². The van der Waals surface area contributed by atoms with Crippen LogP contribution in [0.1, 0.15) is 49.9 Å². The number of nitrogens with one attached hydrogen (secondary N) is 1. The summed E-state index contributed by atoms with van der Waals surface area (Å²) in [7, 11) is 0. The van der Waals surface area contributed by atoms with E-state index in [0.29, 0.717) is 18.0 Å². The summed E-state index contributed by atoms with van der Waals surface area (Å²) < 4.78 is 0. The summed E-state index contributed by atoms with van der Waals surface area (Å²) in [4.78, 5) is 2.03. The third-order valence-corrected chi connectivity index (χ3v) is 3.70. The molecule has 16 heavy (non-hydrogen) atoms. The van der Waals surface area contributed by atoms with Crippen LogP contribution in [-0.4, -0.2) is 6.04 Å². The van der Waals surface area contributed by atoms with Crippen LogP contribution in [-0.2, 0) is 0 Å². The fourth-order valence-corrected chi connectivity index (χ4v) is 2.75. The van der Waals surface area contributed by atoms with Crippen LogP contribution < -0.4 is 5.32 Å². The Balaban J connectivity index is 2.52. The lowest BCUT2D eigenvalue weighted by molar-refractivity contribution is 0.409. The van der Waals surface area contributed by atoms with E-state index in [1.165, 1.54) is 11.3 Å². The van der Waals surface area contributed by atoms with Gasteiger partial charge in [-0.05, 0) is 38.3 Å². The van der Waals surface area contributed by atoms with Crippen LogP contribution in [0.3, 0.4) is 0 Å². The summed E-state index contributed by atoms with van der Waals surface area (Å²) >= 11 is 1.58. The highest BCUT2D eigenvalue weighted by atomic mass is 32.1. The maximum atomic E-state index is 8.77. The van der Waals surface area contributed by atoms with Crippen molar-refractivity contribution < 1.29 is 0 Å². The summed E-state index contributed by atoms with van der Waals surface area (Å²) in [5.74, 6) is 0.715. The highest BCUT2D eigenvalue weighted by Gasteiger charge is 2.12. The smallest absolute Gasteiger partial charge is 0.110 e. The largest absolute Gasteiger partial charge is 0.307 e. The van der Waals surface area contributed by atoms with E-state index < -0.39 is 0 Å². The number of nitriles is 1. The summed E-state index contributed by atoms with van der Waals surface area (Å²) in [6.45, 7) is 8.85. The zero-order valence-electron chi connectivity index (χ0n) is 10.4. The molecule has 0 aliphatic rings. The molecular formula is C13H20N2S. The quantitative estimate of drug-likeness (QED) is 0.846. The van der Waals surface area contributed by atoms with Gasteiger partial charge in [-0.3, -0.25) is 0 Å². The molecule has 0 aliphatic heterocycles. The molecule has 0 fully saturated rings. The predicted molar refractivity (Wildman–Crippen MR) is 69.5 cm³/mol. The van der Waals surface area contributed by atoms with Crippen molar-refractivity contribution in [3.05, 3.63) is 21.9 Å². The van der Waals surface area contributed by atoms with Crippen LogP contribution in [0.2, 0.25) is 0 Å². The average molecular weight is 236 g/mol. The zero-order valence-corrected chi connectivity index (χ0v) is 11.3. The minimum atomic E-state index is 0.334. The number of rotatable bonds is 5. The van der Waals surface area contributed by atoms with Crippen LogP contribution in [0.4, 0.5) is 0 Å². The van der Waals surface area contributed by atoms with Gasteiger partial charge in [-0.25, -0.2) is 0 Å². The molecule has 2 atom stereocenters. The van der Waals surface area contributed by atoms with Gasteiger partial charge in [0, 0.05) is 17.0 Å². The van der Waals surface area contributed by atoms with Crippen LogP contribution >= 0.6 is 11.3 Å². The summed E-state index contributed by atoms with van der Waals surface area (Å²) in [5.41, 5.74) is 0. The van der Waals surface area contributed by atoms with E-state index in [2.05, 4.69) is 39.1 Å². The molecule has 0 saturated carbocycles. The monoisotopic (exact) mass is 236 g/mol. The second-order valence-corrected chi connectivity index (χ2v) is 5.85. The van der Waals surface area contributed by atoms with Crippen molar-refractivity contribution in [1.82, 2.24) is 5.32 Å². The molecule has 1 heterocycles. The van der Waals surface area contributed by atoms with Crippen molar-refractivity contribution in [3.63, 3.8) is 0 Å². The molecule has 0 amide bonds. The summed E-state index contributed by atoms with van der Waals surface area (Å²) in [6, 6.07) is 6.97. The van der Waals surface area contributed by atoms with Crippen molar-refractivity contribution in [1.29, 1.82) is 5.26 Å². The minimum absolute atomic E-state index is 0.334. The second-order valence-electron chi connectivity index (χ2n) is 4.73. The van der Waals surface area contributed by atoms with Crippen molar-refractivity contribution in [2.45, 2.75) is 46.2 Å². The van der Waals surface area contributed by atoms with Crippen molar-refractivity contribution in [3.8, 4) is 6.07 Å². The SMILES string of the molecule is CC(C)CC(C)NC(C)c1ccc(C#N)s1. The molecule has 0 bridgehead atoms. The Hall–Kier alpha value is -0.850. The highest BCUT2D eigenvalue weighted by Crippen LogP contribution is 2.23. The maximum absolute atomic E-state index is 8.77. The van der Waals surface area contributed by atoms with E-state index >= 15 is 0 Å². The Labute approximate surface area is 102 Å². The summed E-state index contributed by atoms with van der Waals surface area (Å²) in [6.07, 6.45) is 1.18. The molecule has 1 aromatic rings. The number of hydrogen-bond acceptors (Lipinski definition) is 3. The minimum Gasteiger partial charge on any atom is -0.307 e. The Morgan fingerprint density at radius 2 is 2.00 bits per heavy atom. The molecule has 0 aliphatic carbocycles. The van der Waals surface area contributed by atoms with Crippen LogP contribution in [0, 0.1) is 17.2 Å². The van der Waals surface area contributed by atoms with E-state index in [1.807, 2.05) is 12.1 Å². The molecule has 0 aromatic carbocycles. The Morgan fingerprint density at radius 3 is 2.50 bits per heavy atom. The molecule has 3 heteroatoms. The van der Waals surface area contributed by atoms with E-state index in [1.54, 1.807) is 11.3 Å². The number of nitrogens with zero attached hydrogens (tertiary/aromatic N) is 1. The van der Waals surface area contributed by atoms with E-state index in [0.717, 1.165) is 4.88 Å². The lowest BCUT2D eigenvalue weighted by Gasteiger charge is -2.20. The van der Waals surface area contributed by atoms with Crippen molar-refractivity contribution >= 4 is 11.3 Å². The van der Waals surface area contributed by atoms with Gasteiger partial charge in [0.05, 0.1) is 0 Å². The third kappa shape index (κ3) is 3.96. The molecule has 1 aromatic heterocycles. The molecular weight excluding hydrogens is 216 g/mol. The van der Waals surface area contributed by atoms with Crippen LogP contribution in [0.25, 0.3) is 0 Å². The Kier molecular flexibility index (Phi) is 4.98. The summed E-state index contributed by atoms with van der Waals surface area (Å²) in [5, 5.41) is 12.3. The molecule has 0 spiro atoms. The van der Waals surface area contributed by atoms with Crippen molar-refractivity contribution in [2.75, 3.05) is 0 Å². The zero-order chi connectivity index (χ0) is 12.1. The van der Waals surface area contributed by atoms with Gasteiger partial charge in [0.1, 0.15) is 10.9 Å². The first kappa shape index (κ1) is 13.2. The first-order valence-electron chi connectivity index (χ1n) is 5.78. The fraction of sp³-hybridized carbons (Fsp3) is 0.615. The normalized spacial score (nSPS) is 14.8. The standard InChI is InChI=1S/C13H20N2S/c1-9(2)7-10(3)15-11(4)13-6-5-12(8-14)16-13/h5-6,9-11,15H,7H2,1-4H3. The van der Waals surface area contributed by atoms with Crippen molar-refractivity contribution in [2.24, 2.45) is 5.92 Å². The molecule has 0 saturated heterocycles. The van der Waals surface area contributed by atoms with Gasteiger partial charge in [-0.1, -0.05) is 13.8 Å². The third-order valence-electron chi connectivity index (χ3n) is 2.52. The lowest BCUT2D eigenvalue weighted by Crippen LogP contribution is -2.29. The van der Waals surface area contributed by atoms with E-state index in [-0.39, 0.29) is 0 Å². The Morgan fingerprint density at radius 1 is 1.31 bits per heavy atom. The maximum Gasteiger partial charge on any atom is 0.110 e. The molecule has 0 radical (unpaired) electrons. The fourth-order valence-electron chi connectivity index (χ4n) is 1.93. The molecule has 1 rings (SSSR count). The van der Waals surface area contributed by atoms with Crippen LogP contribution in [0.15, 0.2) is 12.1 Å². The number of thiophene rings is 1. The lowest BCUT2D eigenvalue weighted by atomic mass is 10.0. The van der Waals surface area contributed by atoms with E-state index in [4.69, 9.17) is 5.26 Å². The van der Waals surface area contributed by atoms with Gasteiger partial charge in [0.15, 0.2) is 0 Å². The molecule has 2 nitrogen and oxygen atoms in total. The molecule has 2 unspecified atom stereocenters. The highest BCUT2D eigenvalue weighted by molar-refractivity contribution is 7.12. The van der Waals surface area contributed by atoms with Gasteiger partial charge in [-0.2, -0.15) is 5.26 Å². The van der Waals surface area contributed by atoms with Gasteiger partial charge >= 0.3 is 0 Å². The van der Waals surface area contributed by atoms with Gasteiger partial charge in [-0.15, -0.1) is 11.3 Å². The average Bonchev–Trinajstić information content (AvgIpc) is 2.64. The number of hydrogen-bond donors (Lipinski definition) is 1. The molecule has 1 N–H and O–H groups in total. The van der Waals surface area contributed by atoms with Gasteiger partial charge < -0.3 is 5.32 Å². The second kappa shape index (κ2) is 6.03.